The molecule has 162 valence electrons. The summed E-state index contributed by atoms with van der Waals surface area (Å²) in [5.74, 6) is -0.0844. The van der Waals surface area contributed by atoms with Crippen molar-refractivity contribution in [1.82, 2.24) is 9.88 Å². The van der Waals surface area contributed by atoms with Gasteiger partial charge in [0.2, 0.25) is 0 Å². The zero-order valence-electron chi connectivity index (χ0n) is 17.6. The molecule has 2 heterocycles. The lowest BCUT2D eigenvalue weighted by Crippen LogP contribution is -2.55. The molecule has 2 amide bonds. The second-order valence-electron chi connectivity index (χ2n) is 8.62. The highest BCUT2D eigenvalue weighted by Gasteiger charge is 2.37. The van der Waals surface area contributed by atoms with E-state index >= 15 is 0 Å². The van der Waals surface area contributed by atoms with Gasteiger partial charge < -0.3 is 15.1 Å². The monoisotopic (exact) mass is 436 g/mol. The Morgan fingerprint density at radius 3 is 2.37 bits per heavy atom. The molecule has 1 aromatic heterocycles. The average molecular weight is 437 g/mol. The van der Waals surface area contributed by atoms with Crippen LogP contribution >= 0.6 is 0 Å². The van der Waals surface area contributed by atoms with Crippen LogP contribution in [0.4, 0.5) is 29.5 Å². The predicted octanol–water partition coefficient (Wildman–Crippen LogP) is 4.39. The maximum atomic E-state index is 13.3. The molecule has 0 spiro atoms. The first-order valence-electron chi connectivity index (χ1n) is 9.92. The van der Waals surface area contributed by atoms with Crippen molar-refractivity contribution in [2.45, 2.75) is 38.8 Å². The second kappa shape index (κ2) is 8.29. The number of carbonyl (C=O) groups excluding carboxylic acids is 1. The van der Waals surface area contributed by atoms with Crippen LogP contribution in [0.3, 0.4) is 0 Å². The van der Waals surface area contributed by atoms with E-state index in [0.29, 0.717) is 12.2 Å². The van der Waals surface area contributed by atoms with E-state index in [0.717, 1.165) is 6.07 Å². The first-order valence-corrected chi connectivity index (χ1v) is 13.4. The molecule has 0 bridgehead atoms. The van der Waals surface area contributed by atoms with Crippen LogP contribution in [0.15, 0.2) is 42.6 Å². The third-order valence-electron chi connectivity index (χ3n) is 5.28. The summed E-state index contributed by atoms with van der Waals surface area (Å²) in [5, 5.41) is 4.20. The first kappa shape index (κ1) is 22.1. The summed E-state index contributed by atoms with van der Waals surface area (Å²) in [4.78, 5) is 19.9. The molecular formula is C21H27F3N4OSi. The lowest BCUT2D eigenvalue weighted by molar-refractivity contribution is -0.137. The Morgan fingerprint density at radius 1 is 1.13 bits per heavy atom. The zero-order chi connectivity index (χ0) is 22.1. The van der Waals surface area contributed by atoms with Crippen LogP contribution in [-0.4, -0.2) is 49.7 Å². The number of nitrogens with zero attached hydrogens (tertiary/aromatic N) is 3. The van der Waals surface area contributed by atoms with E-state index in [2.05, 4.69) is 29.9 Å². The molecule has 1 aliphatic rings. The highest BCUT2D eigenvalue weighted by atomic mass is 28.3. The summed E-state index contributed by atoms with van der Waals surface area (Å²) in [5.41, 5.74) is -0.0432. The Bertz CT molecular complexity index is 896. The van der Waals surface area contributed by atoms with Gasteiger partial charge in [0.15, 0.2) is 0 Å². The number of urea groups is 1. The van der Waals surface area contributed by atoms with Gasteiger partial charge in [0.05, 0.1) is 13.6 Å². The third kappa shape index (κ3) is 4.95. The van der Waals surface area contributed by atoms with Crippen molar-refractivity contribution in [2.75, 3.05) is 29.9 Å². The topological polar surface area (TPSA) is 48.5 Å². The van der Waals surface area contributed by atoms with Gasteiger partial charge in [-0.15, -0.1) is 0 Å². The SMILES string of the molecule is CC1CN(c2ncccc2C(F)(F)F)CCN1C(=O)Nc1ccc([Si](C)(C)C)cc1. The number of halogens is 3. The van der Waals surface area contributed by atoms with Gasteiger partial charge in [0, 0.05) is 37.6 Å². The maximum absolute atomic E-state index is 13.3. The second-order valence-corrected chi connectivity index (χ2v) is 13.7. The van der Waals surface area contributed by atoms with Crippen molar-refractivity contribution < 1.29 is 18.0 Å². The van der Waals surface area contributed by atoms with E-state index in [-0.39, 0.29) is 31.0 Å². The Morgan fingerprint density at radius 2 is 1.80 bits per heavy atom. The molecule has 1 saturated heterocycles. The highest BCUT2D eigenvalue weighted by Crippen LogP contribution is 2.35. The third-order valence-corrected chi connectivity index (χ3v) is 7.35. The number of nitrogens with one attached hydrogen (secondary N) is 1. The molecule has 0 radical (unpaired) electrons. The van der Waals surface area contributed by atoms with Crippen LogP contribution in [0.2, 0.25) is 19.6 Å². The van der Waals surface area contributed by atoms with Gasteiger partial charge in [-0.2, -0.15) is 13.2 Å². The fourth-order valence-corrected chi connectivity index (χ4v) is 4.74. The van der Waals surface area contributed by atoms with E-state index in [9.17, 15) is 18.0 Å². The summed E-state index contributed by atoms with van der Waals surface area (Å²) in [6.45, 7) is 9.48. The van der Waals surface area contributed by atoms with Crippen molar-refractivity contribution in [3.63, 3.8) is 0 Å². The van der Waals surface area contributed by atoms with Gasteiger partial charge in [-0.3, -0.25) is 0 Å². The van der Waals surface area contributed by atoms with E-state index in [1.54, 1.807) is 9.80 Å². The molecule has 5 nitrogen and oxygen atoms in total. The smallest absolute Gasteiger partial charge is 0.352 e. The van der Waals surface area contributed by atoms with E-state index in [4.69, 9.17) is 0 Å². The molecule has 3 rings (SSSR count). The minimum absolute atomic E-state index is 0.0844. The highest BCUT2D eigenvalue weighted by molar-refractivity contribution is 6.88. The number of carbonyl (C=O) groups is 1. The van der Waals surface area contributed by atoms with Crippen molar-refractivity contribution in [3.05, 3.63) is 48.2 Å². The summed E-state index contributed by atoms with van der Waals surface area (Å²) >= 11 is 0. The molecule has 1 unspecified atom stereocenters. The molecule has 1 N–H and O–H groups in total. The number of alkyl halides is 3. The molecule has 9 heteroatoms. The van der Waals surface area contributed by atoms with Gasteiger partial charge >= 0.3 is 12.2 Å². The molecule has 30 heavy (non-hydrogen) atoms. The van der Waals surface area contributed by atoms with Gasteiger partial charge in [-0.05, 0) is 31.2 Å². The number of aromatic nitrogens is 1. The minimum Gasteiger partial charge on any atom is -0.352 e. The number of pyridine rings is 1. The van der Waals surface area contributed by atoms with Crippen LogP contribution in [0.1, 0.15) is 12.5 Å². The number of piperazine rings is 1. The zero-order valence-corrected chi connectivity index (χ0v) is 18.6. The van der Waals surface area contributed by atoms with Crippen LogP contribution in [0.25, 0.3) is 0 Å². The lowest BCUT2D eigenvalue weighted by atomic mass is 10.1. The number of hydrogen-bond donors (Lipinski definition) is 1. The Kier molecular flexibility index (Phi) is 6.12. The molecule has 0 aliphatic carbocycles. The Labute approximate surface area is 175 Å². The summed E-state index contributed by atoms with van der Waals surface area (Å²) in [7, 11) is -1.41. The van der Waals surface area contributed by atoms with Gasteiger partial charge in [-0.25, -0.2) is 9.78 Å². The number of rotatable bonds is 3. The van der Waals surface area contributed by atoms with Gasteiger partial charge in [0.25, 0.3) is 0 Å². The molecular weight excluding hydrogens is 409 g/mol. The number of benzene rings is 1. The minimum atomic E-state index is -4.47. The average Bonchev–Trinajstić information content (AvgIpc) is 2.67. The van der Waals surface area contributed by atoms with Crippen LogP contribution in [0, 0.1) is 0 Å². The van der Waals surface area contributed by atoms with E-state index < -0.39 is 19.8 Å². The van der Waals surface area contributed by atoms with Crippen molar-refractivity contribution >= 4 is 30.8 Å². The maximum Gasteiger partial charge on any atom is 0.419 e. The van der Waals surface area contributed by atoms with Crippen LogP contribution < -0.4 is 15.4 Å². The number of anilines is 2. The van der Waals surface area contributed by atoms with Crippen LogP contribution in [0.5, 0.6) is 0 Å². The van der Waals surface area contributed by atoms with Gasteiger partial charge in [0.1, 0.15) is 5.82 Å². The first-order chi connectivity index (χ1) is 14.0. The summed E-state index contributed by atoms with van der Waals surface area (Å²) in [6.07, 6.45) is -3.11. The normalized spacial score (nSPS) is 17.8. The fourth-order valence-electron chi connectivity index (χ4n) is 3.57. The summed E-state index contributed by atoms with van der Waals surface area (Å²) in [6, 6.07) is 9.70. The molecule has 2 aromatic rings. The van der Waals surface area contributed by atoms with Crippen LogP contribution in [-0.2, 0) is 6.18 Å². The fraction of sp³-hybridized carbons (Fsp3) is 0.429. The predicted molar refractivity (Wildman–Crippen MR) is 116 cm³/mol. The van der Waals surface area contributed by atoms with Crippen molar-refractivity contribution in [2.24, 2.45) is 0 Å². The Balaban J connectivity index is 1.67. The lowest BCUT2D eigenvalue weighted by Gasteiger charge is -2.40. The number of hydrogen-bond acceptors (Lipinski definition) is 3. The van der Waals surface area contributed by atoms with Crippen molar-refractivity contribution in [3.8, 4) is 0 Å². The molecule has 1 atom stereocenters. The van der Waals surface area contributed by atoms with Gasteiger partial charge in [-0.1, -0.05) is 37.0 Å². The molecule has 0 saturated carbocycles. The van der Waals surface area contributed by atoms with E-state index in [1.165, 1.54) is 17.4 Å². The number of amides is 2. The largest absolute Gasteiger partial charge is 0.419 e. The Hall–Kier alpha value is -2.55. The molecule has 1 aliphatic heterocycles. The van der Waals surface area contributed by atoms with Crippen molar-refractivity contribution in [1.29, 1.82) is 0 Å². The standard InChI is InChI=1S/C21H27F3N4OSi/c1-15-14-27(19-18(21(22,23)24)6-5-11-25-19)12-13-28(15)20(29)26-16-7-9-17(10-8-16)30(2,3)4/h5-11,15H,12-14H2,1-4H3,(H,26,29). The molecule has 1 aromatic carbocycles. The molecule has 1 fully saturated rings. The van der Waals surface area contributed by atoms with E-state index in [1.807, 2.05) is 31.2 Å². The quantitative estimate of drug-likeness (QED) is 0.726. The summed E-state index contributed by atoms with van der Waals surface area (Å²) < 4.78 is 39.9.